The summed E-state index contributed by atoms with van der Waals surface area (Å²) < 4.78 is 0. The Kier molecular flexibility index (Phi) is 4.32. The summed E-state index contributed by atoms with van der Waals surface area (Å²) in [6.07, 6.45) is 1.30. The first-order valence-corrected chi connectivity index (χ1v) is 9.51. The minimum atomic E-state index is -0.368. The number of ketones is 1. The van der Waals surface area contributed by atoms with Crippen molar-refractivity contribution in [2.45, 2.75) is 32.7 Å². The van der Waals surface area contributed by atoms with Gasteiger partial charge in [0.05, 0.1) is 23.3 Å². The lowest BCUT2D eigenvalue weighted by molar-refractivity contribution is -0.124. The van der Waals surface area contributed by atoms with E-state index in [0.717, 1.165) is 29.1 Å². The summed E-state index contributed by atoms with van der Waals surface area (Å²) in [5.41, 5.74) is 3.31. The number of benzene rings is 2. The third kappa shape index (κ3) is 3.04. The van der Waals surface area contributed by atoms with Gasteiger partial charge in [-0.3, -0.25) is 9.79 Å². The zero-order chi connectivity index (χ0) is 18.5. The average molecular weight is 387 g/mol. The second-order valence-electron chi connectivity index (χ2n) is 7.84. The number of aliphatic imine (C=N–C) groups is 1. The molecule has 1 aliphatic carbocycles. The normalized spacial score (nSPS) is 24.0. The van der Waals surface area contributed by atoms with E-state index in [2.05, 4.69) is 19.2 Å². The first kappa shape index (κ1) is 17.6. The number of Topliss-reactive ketones (excluding diaryl/α,β-unsaturated/α-hetero) is 1. The van der Waals surface area contributed by atoms with Gasteiger partial charge < -0.3 is 5.32 Å². The molecular formula is C21H20Cl2N2O. The fraction of sp³-hybridized carbons (Fsp3) is 0.333. The number of halogens is 2. The molecule has 0 spiro atoms. The standard InChI is InChI=1S/C21H20Cl2N2O/c1-21(2)10-16-19(17(26)11-21)20(18-12(22)6-5-7-13(18)23)25-15-9-4-3-8-14(15)24-16/h3-9,19-20,25H,10-11H2,1-2H3/t19?,20-/m0/s1. The fourth-order valence-electron chi connectivity index (χ4n) is 4.06. The average Bonchev–Trinajstić information content (AvgIpc) is 2.70. The Morgan fingerprint density at radius 2 is 1.73 bits per heavy atom. The number of nitrogens with one attached hydrogen (secondary N) is 1. The van der Waals surface area contributed by atoms with E-state index in [1.165, 1.54) is 0 Å². The van der Waals surface area contributed by atoms with Crippen molar-refractivity contribution in [3.8, 4) is 0 Å². The molecule has 1 aliphatic heterocycles. The van der Waals surface area contributed by atoms with Crippen molar-refractivity contribution in [2.24, 2.45) is 16.3 Å². The molecule has 134 valence electrons. The minimum absolute atomic E-state index is 0.0967. The van der Waals surface area contributed by atoms with Crippen molar-refractivity contribution in [3.63, 3.8) is 0 Å². The highest BCUT2D eigenvalue weighted by Gasteiger charge is 2.44. The van der Waals surface area contributed by atoms with E-state index < -0.39 is 0 Å². The maximum atomic E-state index is 13.1. The summed E-state index contributed by atoms with van der Waals surface area (Å²) in [4.78, 5) is 18.0. The van der Waals surface area contributed by atoms with Gasteiger partial charge >= 0.3 is 0 Å². The van der Waals surface area contributed by atoms with Crippen LogP contribution in [0.25, 0.3) is 0 Å². The first-order valence-electron chi connectivity index (χ1n) is 8.75. The van der Waals surface area contributed by atoms with Crippen molar-refractivity contribution in [1.29, 1.82) is 0 Å². The summed E-state index contributed by atoms with van der Waals surface area (Å²) in [5, 5.41) is 4.63. The molecule has 0 bridgehead atoms. The van der Waals surface area contributed by atoms with Crippen LogP contribution in [0.3, 0.4) is 0 Å². The van der Waals surface area contributed by atoms with Crippen molar-refractivity contribution >= 4 is 46.1 Å². The molecule has 0 radical (unpaired) electrons. The molecule has 1 heterocycles. The van der Waals surface area contributed by atoms with Crippen molar-refractivity contribution in [3.05, 3.63) is 58.1 Å². The topological polar surface area (TPSA) is 41.5 Å². The van der Waals surface area contributed by atoms with E-state index in [9.17, 15) is 4.79 Å². The number of fused-ring (bicyclic) bond motifs is 2. The van der Waals surface area contributed by atoms with Gasteiger partial charge in [-0.2, -0.15) is 0 Å². The monoisotopic (exact) mass is 386 g/mol. The maximum absolute atomic E-state index is 13.1. The molecule has 26 heavy (non-hydrogen) atoms. The number of nitrogens with zero attached hydrogens (tertiary/aromatic N) is 1. The second-order valence-corrected chi connectivity index (χ2v) is 8.65. The number of hydrogen-bond acceptors (Lipinski definition) is 3. The van der Waals surface area contributed by atoms with Crippen LogP contribution >= 0.6 is 23.2 Å². The Labute approximate surface area is 163 Å². The number of hydrogen-bond donors (Lipinski definition) is 1. The predicted molar refractivity (Wildman–Crippen MR) is 108 cm³/mol. The highest BCUT2D eigenvalue weighted by molar-refractivity contribution is 6.36. The fourth-order valence-corrected chi connectivity index (χ4v) is 4.70. The SMILES string of the molecule is CC1(C)CC(=O)C2C(=Nc3ccccc3N[C@H]2c2c(Cl)cccc2Cl)C1. The molecule has 0 amide bonds. The Bertz CT molecular complexity index is 900. The van der Waals surface area contributed by atoms with Gasteiger partial charge in [0, 0.05) is 27.7 Å². The van der Waals surface area contributed by atoms with E-state index in [1.54, 1.807) is 0 Å². The van der Waals surface area contributed by atoms with Crippen LogP contribution in [0, 0.1) is 11.3 Å². The number of anilines is 1. The smallest absolute Gasteiger partial charge is 0.144 e. The molecule has 2 atom stereocenters. The van der Waals surface area contributed by atoms with Gasteiger partial charge in [-0.1, -0.05) is 55.2 Å². The van der Waals surface area contributed by atoms with Crippen LogP contribution in [0.5, 0.6) is 0 Å². The molecule has 1 saturated carbocycles. The first-order chi connectivity index (χ1) is 12.4. The molecule has 1 N–H and O–H groups in total. The van der Waals surface area contributed by atoms with Crippen LogP contribution in [0.2, 0.25) is 10.0 Å². The minimum Gasteiger partial charge on any atom is -0.375 e. The Balaban J connectivity index is 1.92. The predicted octanol–water partition coefficient (Wildman–Crippen LogP) is 6.24. The van der Waals surface area contributed by atoms with Gasteiger partial charge in [-0.25, -0.2) is 0 Å². The van der Waals surface area contributed by atoms with Gasteiger partial charge in [-0.15, -0.1) is 0 Å². The second kappa shape index (κ2) is 6.40. The lowest BCUT2D eigenvalue weighted by Gasteiger charge is -2.38. The lowest BCUT2D eigenvalue weighted by atomic mass is 9.68. The van der Waals surface area contributed by atoms with Gasteiger partial charge in [0.25, 0.3) is 0 Å². The molecule has 2 aromatic carbocycles. The number of para-hydroxylation sites is 2. The van der Waals surface area contributed by atoms with Gasteiger partial charge in [0.15, 0.2) is 0 Å². The highest BCUT2D eigenvalue weighted by atomic mass is 35.5. The van der Waals surface area contributed by atoms with Crippen LogP contribution in [-0.4, -0.2) is 11.5 Å². The summed E-state index contributed by atoms with van der Waals surface area (Å²) in [6.45, 7) is 4.23. The molecule has 2 aromatic rings. The summed E-state index contributed by atoms with van der Waals surface area (Å²) >= 11 is 13.0. The zero-order valence-corrected chi connectivity index (χ0v) is 16.2. The summed E-state index contributed by atoms with van der Waals surface area (Å²) in [7, 11) is 0. The maximum Gasteiger partial charge on any atom is 0.144 e. The molecule has 1 unspecified atom stereocenters. The van der Waals surface area contributed by atoms with Crippen LogP contribution in [0.1, 0.15) is 38.3 Å². The van der Waals surface area contributed by atoms with E-state index in [1.807, 2.05) is 42.5 Å². The van der Waals surface area contributed by atoms with E-state index in [4.69, 9.17) is 28.2 Å². The summed E-state index contributed by atoms with van der Waals surface area (Å²) in [5.74, 6) is -0.186. The molecule has 0 saturated heterocycles. The quantitative estimate of drug-likeness (QED) is 0.630. The lowest BCUT2D eigenvalue weighted by Crippen LogP contribution is -2.42. The molecule has 0 aromatic heterocycles. The number of rotatable bonds is 1. The zero-order valence-electron chi connectivity index (χ0n) is 14.7. The molecule has 2 aliphatic rings. The molecule has 4 rings (SSSR count). The van der Waals surface area contributed by atoms with Crippen LogP contribution < -0.4 is 5.32 Å². The third-order valence-electron chi connectivity index (χ3n) is 5.14. The van der Waals surface area contributed by atoms with Crippen molar-refractivity contribution in [2.75, 3.05) is 5.32 Å². The van der Waals surface area contributed by atoms with Crippen molar-refractivity contribution in [1.82, 2.24) is 0 Å². The molecule has 1 fully saturated rings. The largest absolute Gasteiger partial charge is 0.375 e. The number of carbonyl (C=O) groups excluding carboxylic acids is 1. The van der Waals surface area contributed by atoms with Gasteiger partial charge in [0.2, 0.25) is 0 Å². The van der Waals surface area contributed by atoms with Gasteiger partial charge in [0.1, 0.15) is 5.78 Å². The van der Waals surface area contributed by atoms with Crippen LogP contribution in [-0.2, 0) is 4.79 Å². The van der Waals surface area contributed by atoms with E-state index in [0.29, 0.717) is 16.5 Å². The van der Waals surface area contributed by atoms with E-state index >= 15 is 0 Å². The van der Waals surface area contributed by atoms with Crippen LogP contribution in [0.15, 0.2) is 47.5 Å². The van der Waals surface area contributed by atoms with Gasteiger partial charge in [-0.05, 0) is 36.1 Å². The Morgan fingerprint density at radius 3 is 2.46 bits per heavy atom. The summed E-state index contributed by atoms with van der Waals surface area (Å²) in [6, 6.07) is 13.0. The highest BCUT2D eigenvalue weighted by Crippen LogP contribution is 2.47. The molecular weight excluding hydrogens is 367 g/mol. The number of carbonyl (C=O) groups is 1. The Morgan fingerprint density at radius 1 is 1.04 bits per heavy atom. The third-order valence-corrected chi connectivity index (χ3v) is 5.80. The van der Waals surface area contributed by atoms with E-state index in [-0.39, 0.29) is 23.2 Å². The van der Waals surface area contributed by atoms with Crippen molar-refractivity contribution < 1.29 is 4.79 Å². The molecule has 5 heteroatoms. The molecule has 3 nitrogen and oxygen atoms in total. The Hall–Kier alpha value is -1.84. The van der Waals surface area contributed by atoms with Crippen LogP contribution in [0.4, 0.5) is 11.4 Å².